The Hall–Kier alpha value is -1.71. The highest BCUT2D eigenvalue weighted by Gasteiger charge is 2.35. The summed E-state index contributed by atoms with van der Waals surface area (Å²) in [5, 5.41) is 0. The average molecular weight is 287 g/mol. The molecule has 0 spiro atoms. The van der Waals surface area contributed by atoms with E-state index in [0.29, 0.717) is 28.9 Å². The SMILES string of the molecule is Nc1cc(N)cc(C(=O)N2CCCC2C2CCCCC2)c1. The molecule has 1 aliphatic heterocycles. The van der Waals surface area contributed by atoms with Crippen molar-refractivity contribution in [2.75, 3.05) is 18.0 Å². The molecule has 1 atom stereocenters. The van der Waals surface area contributed by atoms with Gasteiger partial charge < -0.3 is 16.4 Å². The lowest BCUT2D eigenvalue weighted by Crippen LogP contribution is -2.40. The molecular weight excluding hydrogens is 262 g/mol. The zero-order valence-corrected chi connectivity index (χ0v) is 12.6. The van der Waals surface area contributed by atoms with Crippen molar-refractivity contribution in [3.05, 3.63) is 23.8 Å². The predicted molar refractivity (Wildman–Crippen MR) is 85.9 cm³/mol. The predicted octanol–water partition coefficient (Wildman–Crippen LogP) is 3.04. The van der Waals surface area contributed by atoms with Gasteiger partial charge in [-0.05, 0) is 49.8 Å². The molecule has 1 unspecified atom stereocenters. The first-order chi connectivity index (χ1) is 10.1. The molecule has 1 amide bonds. The minimum absolute atomic E-state index is 0.0991. The molecule has 4 heteroatoms. The Kier molecular flexibility index (Phi) is 4.04. The summed E-state index contributed by atoms with van der Waals surface area (Å²) in [6.45, 7) is 0.870. The van der Waals surface area contributed by atoms with Crippen LogP contribution in [0.25, 0.3) is 0 Å². The lowest BCUT2D eigenvalue weighted by molar-refractivity contribution is 0.0661. The molecule has 4 nitrogen and oxygen atoms in total. The van der Waals surface area contributed by atoms with Crippen LogP contribution in [0.15, 0.2) is 18.2 Å². The lowest BCUT2D eigenvalue weighted by Gasteiger charge is -2.34. The van der Waals surface area contributed by atoms with Gasteiger partial charge in [-0.25, -0.2) is 0 Å². The molecule has 3 rings (SSSR count). The summed E-state index contributed by atoms with van der Waals surface area (Å²) >= 11 is 0. The monoisotopic (exact) mass is 287 g/mol. The minimum Gasteiger partial charge on any atom is -0.399 e. The fraction of sp³-hybridized carbons (Fsp3) is 0.588. The molecule has 21 heavy (non-hydrogen) atoms. The number of carbonyl (C=O) groups is 1. The molecular formula is C17H25N3O. The van der Waals surface area contributed by atoms with E-state index in [2.05, 4.69) is 4.90 Å². The summed E-state index contributed by atoms with van der Waals surface area (Å²) in [4.78, 5) is 14.9. The zero-order valence-electron chi connectivity index (χ0n) is 12.6. The summed E-state index contributed by atoms with van der Waals surface area (Å²) in [5.41, 5.74) is 13.4. The normalized spacial score (nSPS) is 23.4. The molecule has 0 aromatic heterocycles. The van der Waals surface area contributed by atoms with Crippen molar-refractivity contribution in [2.24, 2.45) is 5.92 Å². The third-order valence-corrected chi connectivity index (χ3v) is 4.98. The third-order valence-electron chi connectivity index (χ3n) is 4.98. The zero-order chi connectivity index (χ0) is 14.8. The third kappa shape index (κ3) is 2.99. The van der Waals surface area contributed by atoms with Crippen molar-refractivity contribution in [3.63, 3.8) is 0 Å². The van der Waals surface area contributed by atoms with E-state index in [1.807, 2.05) is 0 Å². The molecule has 114 valence electrons. The van der Waals surface area contributed by atoms with Crippen molar-refractivity contribution >= 4 is 17.3 Å². The Morgan fingerprint density at radius 2 is 1.62 bits per heavy atom. The molecule has 1 aromatic rings. The summed E-state index contributed by atoms with van der Waals surface area (Å²) in [6, 6.07) is 5.60. The van der Waals surface area contributed by atoms with E-state index in [4.69, 9.17) is 11.5 Å². The van der Waals surface area contributed by atoms with Crippen molar-refractivity contribution in [2.45, 2.75) is 51.0 Å². The first kappa shape index (κ1) is 14.2. The number of likely N-dealkylation sites (tertiary alicyclic amines) is 1. The highest BCUT2D eigenvalue weighted by molar-refractivity contribution is 5.96. The van der Waals surface area contributed by atoms with Gasteiger partial charge in [0, 0.05) is 29.5 Å². The second-order valence-corrected chi connectivity index (χ2v) is 6.49. The van der Waals surface area contributed by atoms with Gasteiger partial charge in [0.15, 0.2) is 0 Å². The van der Waals surface area contributed by atoms with Gasteiger partial charge in [0.2, 0.25) is 0 Å². The number of amides is 1. The van der Waals surface area contributed by atoms with Crippen LogP contribution in [0.1, 0.15) is 55.3 Å². The molecule has 0 radical (unpaired) electrons. The fourth-order valence-corrected chi connectivity index (χ4v) is 4.02. The Morgan fingerprint density at radius 1 is 0.952 bits per heavy atom. The van der Waals surface area contributed by atoms with Gasteiger partial charge in [0.1, 0.15) is 0 Å². The van der Waals surface area contributed by atoms with E-state index in [0.717, 1.165) is 19.4 Å². The van der Waals surface area contributed by atoms with Crippen LogP contribution in [0.4, 0.5) is 11.4 Å². The van der Waals surface area contributed by atoms with Gasteiger partial charge in [0.25, 0.3) is 5.91 Å². The summed E-state index contributed by atoms with van der Waals surface area (Å²) in [6.07, 6.45) is 8.78. The maximum Gasteiger partial charge on any atom is 0.254 e. The van der Waals surface area contributed by atoms with E-state index in [1.165, 1.54) is 32.1 Å². The average Bonchev–Trinajstić information content (AvgIpc) is 2.95. The van der Waals surface area contributed by atoms with E-state index >= 15 is 0 Å². The van der Waals surface area contributed by atoms with Crippen molar-refractivity contribution in [1.29, 1.82) is 0 Å². The molecule has 1 aliphatic carbocycles. The van der Waals surface area contributed by atoms with Crippen molar-refractivity contribution in [3.8, 4) is 0 Å². The van der Waals surface area contributed by atoms with E-state index < -0.39 is 0 Å². The quantitative estimate of drug-likeness (QED) is 0.821. The van der Waals surface area contributed by atoms with E-state index in [9.17, 15) is 4.79 Å². The number of nitrogens with two attached hydrogens (primary N) is 2. The summed E-state index contributed by atoms with van der Waals surface area (Å²) in [7, 11) is 0. The van der Waals surface area contributed by atoms with Gasteiger partial charge in [-0.1, -0.05) is 19.3 Å². The van der Waals surface area contributed by atoms with Crippen LogP contribution < -0.4 is 11.5 Å². The molecule has 4 N–H and O–H groups in total. The van der Waals surface area contributed by atoms with Crippen LogP contribution in [0.5, 0.6) is 0 Å². The first-order valence-corrected chi connectivity index (χ1v) is 8.12. The van der Waals surface area contributed by atoms with Crippen LogP contribution in [0, 0.1) is 5.92 Å². The molecule has 1 saturated carbocycles. The van der Waals surface area contributed by atoms with E-state index in [1.54, 1.807) is 18.2 Å². The Labute approximate surface area is 126 Å². The standard InChI is InChI=1S/C17H25N3O/c18-14-9-13(10-15(19)11-14)17(21)20-8-4-7-16(20)12-5-2-1-3-6-12/h9-12,16H,1-8,18-19H2. The number of nitrogen functional groups attached to an aromatic ring is 2. The molecule has 2 fully saturated rings. The van der Waals surface area contributed by atoms with Crippen LogP contribution in [-0.4, -0.2) is 23.4 Å². The van der Waals surface area contributed by atoms with Gasteiger partial charge >= 0.3 is 0 Å². The number of hydrogen-bond donors (Lipinski definition) is 2. The summed E-state index contributed by atoms with van der Waals surface area (Å²) in [5.74, 6) is 0.783. The summed E-state index contributed by atoms with van der Waals surface area (Å²) < 4.78 is 0. The molecule has 0 bridgehead atoms. The van der Waals surface area contributed by atoms with Crippen LogP contribution in [0.2, 0.25) is 0 Å². The molecule has 1 saturated heterocycles. The number of rotatable bonds is 2. The number of anilines is 2. The largest absolute Gasteiger partial charge is 0.399 e. The van der Waals surface area contributed by atoms with Crippen LogP contribution >= 0.6 is 0 Å². The number of hydrogen-bond acceptors (Lipinski definition) is 3. The highest BCUT2D eigenvalue weighted by Crippen LogP contribution is 2.35. The maximum absolute atomic E-state index is 12.8. The van der Waals surface area contributed by atoms with Crippen molar-refractivity contribution < 1.29 is 4.79 Å². The number of nitrogens with zero attached hydrogens (tertiary/aromatic N) is 1. The molecule has 1 heterocycles. The van der Waals surface area contributed by atoms with Crippen LogP contribution in [-0.2, 0) is 0 Å². The van der Waals surface area contributed by atoms with E-state index in [-0.39, 0.29) is 5.91 Å². The van der Waals surface area contributed by atoms with Gasteiger partial charge in [-0.15, -0.1) is 0 Å². The van der Waals surface area contributed by atoms with Gasteiger partial charge in [0.05, 0.1) is 0 Å². The molecule has 1 aromatic carbocycles. The second-order valence-electron chi connectivity index (χ2n) is 6.49. The van der Waals surface area contributed by atoms with Gasteiger partial charge in [-0.2, -0.15) is 0 Å². The fourth-order valence-electron chi connectivity index (χ4n) is 4.02. The maximum atomic E-state index is 12.8. The smallest absolute Gasteiger partial charge is 0.254 e. The topological polar surface area (TPSA) is 72.3 Å². The first-order valence-electron chi connectivity index (χ1n) is 8.12. The van der Waals surface area contributed by atoms with Crippen molar-refractivity contribution in [1.82, 2.24) is 4.90 Å². The number of carbonyl (C=O) groups excluding carboxylic acids is 1. The lowest BCUT2D eigenvalue weighted by atomic mass is 9.83. The Morgan fingerprint density at radius 3 is 2.29 bits per heavy atom. The number of benzene rings is 1. The van der Waals surface area contributed by atoms with Crippen LogP contribution in [0.3, 0.4) is 0 Å². The second kappa shape index (κ2) is 5.96. The highest BCUT2D eigenvalue weighted by atomic mass is 16.2. The van der Waals surface area contributed by atoms with Gasteiger partial charge in [-0.3, -0.25) is 4.79 Å². The Bertz CT molecular complexity index is 503. The molecule has 2 aliphatic rings. The Balaban J connectivity index is 1.79. The minimum atomic E-state index is 0.0991.